The topological polar surface area (TPSA) is 111 Å². The molecule has 114 valence electrons. The van der Waals surface area contributed by atoms with Gasteiger partial charge >= 0.3 is 0 Å². The van der Waals surface area contributed by atoms with Crippen LogP contribution in [0.2, 0.25) is 0 Å². The van der Waals surface area contributed by atoms with Gasteiger partial charge in [-0.1, -0.05) is 13.8 Å². The van der Waals surface area contributed by atoms with E-state index in [1.54, 1.807) is 12.1 Å². The molecule has 0 aromatic heterocycles. The fourth-order valence-electron chi connectivity index (χ4n) is 2.28. The zero-order valence-corrected chi connectivity index (χ0v) is 12.2. The average Bonchev–Trinajstić information content (AvgIpc) is 2.36. The largest absolute Gasteiger partial charge is 0.482 e. The number of rotatable bonds is 5. The SMILES string of the molecule is CC(C)CN(CC(N)=O)c1cc2c(cc1N)OCC(=O)N2. The zero-order valence-electron chi connectivity index (χ0n) is 12.2. The van der Waals surface area contributed by atoms with Gasteiger partial charge in [0.05, 0.1) is 23.6 Å². The summed E-state index contributed by atoms with van der Waals surface area (Å²) in [5.41, 5.74) is 13.0. The number of nitrogen functional groups attached to an aromatic ring is 1. The Morgan fingerprint density at radius 2 is 2.19 bits per heavy atom. The van der Waals surface area contributed by atoms with E-state index < -0.39 is 5.91 Å². The van der Waals surface area contributed by atoms with Crippen molar-refractivity contribution in [2.24, 2.45) is 11.7 Å². The van der Waals surface area contributed by atoms with Crippen LogP contribution in [0, 0.1) is 5.92 Å². The van der Waals surface area contributed by atoms with Crippen molar-refractivity contribution in [1.82, 2.24) is 0 Å². The molecule has 5 N–H and O–H groups in total. The van der Waals surface area contributed by atoms with E-state index in [1.165, 1.54) is 0 Å². The van der Waals surface area contributed by atoms with Crippen LogP contribution < -0.4 is 26.4 Å². The van der Waals surface area contributed by atoms with Crippen LogP contribution in [0.25, 0.3) is 0 Å². The summed E-state index contributed by atoms with van der Waals surface area (Å²) >= 11 is 0. The maximum Gasteiger partial charge on any atom is 0.262 e. The van der Waals surface area contributed by atoms with E-state index in [4.69, 9.17) is 16.2 Å². The molecule has 1 aliphatic heterocycles. The average molecular weight is 292 g/mol. The molecule has 0 aliphatic carbocycles. The summed E-state index contributed by atoms with van der Waals surface area (Å²) in [6.07, 6.45) is 0. The first kappa shape index (κ1) is 15.0. The summed E-state index contributed by atoms with van der Waals surface area (Å²) < 4.78 is 5.31. The smallest absolute Gasteiger partial charge is 0.262 e. The number of primary amides is 1. The van der Waals surface area contributed by atoms with Crippen molar-refractivity contribution >= 4 is 28.9 Å². The highest BCUT2D eigenvalue weighted by molar-refractivity contribution is 5.97. The number of amides is 2. The van der Waals surface area contributed by atoms with E-state index in [0.29, 0.717) is 35.3 Å². The Morgan fingerprint density at radius 1 is 1.48 bits per heavy atom. The molecule has 1 heterocycles. The third-order valence-corrected chi connectivity index (χ3v) is 3.03. The molecule has 0 saturated carbocycles. The van der Waals surface area contributed by atoms with E-state index in [0.717, 1.165) is 0 Å². The van der Waals surface area contributed by atoms with Gasteiger partial charge in [0, 0.05) is 12.6 Å². The molecule has 0 atom stereocenters. The summed E-state index contributed by atoms with van der Waals surface area (Å²) in [6, 6.07) is 3.37. The first-order valence-corrected chi connectivity index (χ1v) is 6.76. The normalized spacial score (nSPS) is 13.4. The number of hydrogen-bond acceptors (Lipinski definition) is 5. The molecular weight excluding hydrogens is 272 g/mol. The number of carbonyl (C=O) groups is 2. The van der Waals surface area contributed by atoms with Gasteiger partial charge in [0.1, 0.15) is 5.75 Å². The van der Waals surface area contributed by atoms with Gasteiger partial charge in [-0.15, -0.1) is 0 Å². The van der Waals surface area contributed by atoms with E-state index in [2.05, 4.69) is 5.32 Å². The number of fused-ring (bicyclic) bond motifs is 1. The third-order valence-electron chi connectivity index (χ3n) is 3.03. The maximum atomic E-state index is 11.4. The van der Waals surface area contributed by atoms with Gasteiger partial charge in [-0.2, -0.15) is 0 Å². The zero-order chi connectivity index (χ0) is 15.6. The molecule has 21 heavy (non-hydrogen) atoms. The van der Waals surface area contributed by atoms with Crippen molar-refractivity contribution < 1.29 is 14.3 Å². The molecule has 2 rings (SSSR count). The highest BCUT2D eigenvalue weighted by Gasteiger charge is 2.21. The summed E-state index contributed by atoms with van der Waals surface area (Å²) in [5.74, 6) is 0.196. The van der Waals surface area contributed by atoms with Crippen LogP contribution in [0.3, 0.4) is 0 Å². The minimum absolute atomic E-state index is 0.0250. The van der Waals surface area contributed by atoms with Crippen LogP contribution in [0.15, 0.2) is 12.1 Å². The summed E-state index contributed by atoms with van der Waals surface area (Å²) in [7, 11) is 0. The fourth-order valence-corrected chi connectivity index (χ4v) is 2.28. The van der Waals surface area contributed by atoms with E-state index >= 15 is 0 Å². The van der Waals surface area contributed by atoms with Gasteiger partial charge in [-0.3, -0.25) is 9.59 Å². The summed E-state index contributed by atoms with van der Waals surface area (Å²) in [5, 5.41) is 2.73. The Morgan fingerprint density at radius 3 is 2.81 bits per heavy atom. The number of nitrogens with one attached hydrogen (secondary N) is 1. The minimum Gasteiger partial charge on any atom is -0.482 e. The first-order valence-electron chi connectivity index (χ1n) is 6.76. The standard InChI is InChI=1S/C14H20N4O3/c1-8(2)5-18(6-13(16)19)11-4-10-12(3-9(11)15)21-7-14(20)17-10/h3-4,8H,5-7,15H2,1-2H3,(H2,16,19)(H,17,20). The van der Waals surface area contributed by atoms with Crippen molar-refractivity contribution in [3.05, 3.63) is 12.1 Å². The number of anilines is 3. The predicted octanol–water partition coefficient (Wildman–Crippen LogP) is 0.547. The number of nitrogens with zero attached hydrogens (tertiary/aromatic N) is 1. The molecule has 0 bridgehead atoms. The molecule has 0 saturated heterocycles. The Hall–Kier alpha value is -2.44. The molecule has 0 spiro atoms. The highest BCUT2D eigenvalue weighted by atomic mass is 16.5. The van der Waals surface area contributed by atoms with E-state index in [-0.39, 0.29) is 19.1 Å². The number of ether oxygens (including phenoxy) is 1. The summed E-state index contributed by atoms with van der Waals surface area (Å²) in [4.78, 5) is 24.5. The number of benzene rings is 1. The van der Waals surface area contributed by atoms with Crippen molar-refractivity contribution in [3.8, 4) is 5.75 Å². The van der Waals surface area contributed by atoms with Crippen molar-refractivity contribution in [2.75, 3.05) is 35.6 Å². The van der Waals surface area contributed by atoms with Crippen LogP contribution in [-0.4, -0.2) is 31.5 Å². The third kappa shape index (κ3) is 3.56. The Bertz CT molecular complexity index is 572. The number of nitrogens with two attached hydrogens (primary N) is 2. The van der Waals surface area contributed by atoms with Crippen molar-refractivity contribution in [2.45, 2.75) is 13.8 Å². The van der Waals surface area contributed by atoms with Crippen LogP contribution in [0.5, 0.6) is 5.75 Å². The molecule has 1 aromatic rings. The lowest BCUT2D eigenvalue weighted by Gasteiger charge is -2.28. The fraction of sp³-hybridized carbons (Fsp3) is 0.429. The Balaban J connectivity index is 2.37. The molecular formula is C14H20N4O3. The quantitative estimate of drug-likeness (QED) is 0.686. The monoisotopic (exact) mass is 292 g/mol. The van der Waals surface area contributed by atoms with Gasteiger partial charge < -0.3 is 26.4 Å². The van der Waals surface area contributed by atoms with Crippen molar-refractivity contribution in [1.29, 1.82) is 0 Å². The lowest BCUT2D eigenvalue weighted by molar-refractivity contribution is -0.119. The van der Waals surface area contributed by atoms with Crippen LogP contribution in [-0.2, 0) is 9.59 Å². The molecule has 0 fully saturated rings. The molecule has 1 aromatic carbocycles. The second-order valence-corrected chi connectivity index (χ2v) is 5.48. The minimum atomic E-state index is -0.437. The first-order chi connectivity index (χ1) is 9.86. The second kappa shape index (κ2) is 5.90. The van der Waals surface area contributed by atoms with Gasteiger partial charge in [-0.25, -0.2) is 0 Å². The van der Waals surface area contributed by atoms with Gasteiger partial charge in [-0.05, 0) is 12.0 Å². The van der Waals surface area contributed by atoms with Crippen molar-refractivity contribution in [3.63, 3.8) is 0 Å². The maximum absolute atomic E-state index is 11.4. The molecule has 1 aliphatic rings. The lowest BCUT2D eigenvalue weighted by atomic mass is 10.1. The van der Waals surface area contributed by atoms with E-state index in [9.17, 15) is 9.59 Å². The van der Waals surface area contributed by atoms with Gasteiger partial charge in [0.15, 0.2) is 6.61 Å². The number of carbonyl (C=O) groups excluding carboxylic acids is 2. The molecule has 7 heteroatoms. The highest BCUT2D eigenvalue weighted by Crippen LogP contribution is 2.37. The predicted molar refractivity (Wildman–Crippen MR) is 81.2 cm³/mol. The Kier molecular flexibility index (Phi) is 4.21. The molecule has 0 radical (unpaired) electrons. The van der Waals surface area contributed by atoms with Crippen LogP contribution in [0.4, 0.5) is 17.1 Å². The molecule has 0 unspecified atom stereocenters. The molecule has 7 nitrogen and oxygen atoms in total. The van der Waals surface area contributed by atoms with Gasteiger partial charge in [0.2, 0.25) is 5.91 Å². The summed E-state index contributed by atoms with van der Waals surface area (Å²) in [6.45, 7) is 4.74. The van der Waals surface area contributed by atoms with Crippen LogP contribution >= 0.6 is 0 Å². The lowest BCUT2D eigenvalue weighted by Crippen LogP contribution is -2.37. The van der Waals surface area contributed by atoms with E-state index in [1.807, 2.05) is 18.7 Å². The second-order valence-electron chi connectivity index (χ2n) is 5.48. The molecule has 2 amide bonds. The van der Waals surface area contributed by atoms with Crippen LogP contribution in [0.1, 0.15) is 13.8 Å². The number of hydrogen-bond donors (Lipinski definition) is 3. The Labute approximate surface area is 123 Å². The van der Waals surface area contributed by atoms with Gasteiger partial charge in [0.25, 0.3) is 5.91 Å².